The van der Waals surface area contributed by atoms with E-state index in [1.54, 1.807) is 0 Å². The highest BCUT2D eigenvalue weighted by Gasteiger charge is 2.14. The zero-order chi connectivity index (χ0) is 15.9. The Hall–Kier alpha value is -0.840. The Morgan fingerprint density at radius 3 is 2.43 bits per heavy atom. The lowest BCUT2D eigenvalue weighted by Crippen LogP contribution is -2.35. The summed E-state index contributed by atoms with van der Waals surface area (Å²) >= 11 is 0. The Morgan fingerprint density at radius 1 is 1.14 bits per heavy atom. The molecule has 0 saturated carbocycles. The molecule has 0 aliphatic carbocycles. The van der Waals surface area contributed by atoms with Crippen LogP contribution in [-0.4, -0.2) is 49.1 Å². The number of hydrogen-bond acceptors (Lipinski definition) is 4. The zero-order valence-electron chi connectivity index (χ0n) is 14.7. The number of hydrogen-bond donors (Lipinski definition) is 1. The monoisotopic (exact) mass is 295 g/mol. The van der Waals surface area contributed by atoms with Crippen LogP contribution in [0.3, 0.4) is 0 Å². The molecule has 1 N–H and O–H groups in total. The summed E-state index contributed by atoms with van der Waals surface area (Å²) in [7, 11) is 4.24. The van der Waals surface area contributed by atoms with E-state index >= 15 is 0 Å². The Labute approximate surface area is 130 Å². The summed E-state index contributed by atoms with van der Waals surface area (Å²) in [6.45, 7) is 13.8. The second kappa shape index (κ2) is 8.57. The van der Waals surface area contributed by atoms with Gasteiger partial charge < -0.3 is 14.6 Å². The maximum atomic E-state index is 5.72. The lowest BCUT2D eigenvalue weighted by atomic mass is 10.1. The molecule has 1 aromatic rings. The molecule has 122 valence electrons. The van der Waals surface area contributed by atoms with E-state index < -0.39 is 0 Å². The van der Waals surface area contributed by atoms with E-state index in [1.807, 2.05) is 6.26 Å². The molecule has 0 saturated heterocycles. The third-order valence-electron chi connectivity index (χ3n) is 3.42. The molecule has 0 unspecified atom stereocenters. The van der Waals surface area contributed by atoms with Gasteiger partial charge in [0.25, 0.3) is 0 Å². The first-order valence-electron chi connectivity index (χ1n) is 7.99. The lowest BCUT2D eigenvalue weighted by Gasteiger charge is -2.24. The quantitative estimate of drug-likeness (QED) is 0.759. The molecule has 1 rings (SSSR count). The van der Waals surface area contributed by atoms with Crippen molar-refractivity contribution in [3.8, 4) is 0 Å². The first-order valence-corrected chi connectivity index (χ1v) is 7.99. The fourth-order valence-corrected chi connectivity index (χ4v) is 2.15. The molecule has 4 nitrogen and oxygen atoms in total. The van der Waals surface area contributed by atoms with Gasteiger partial charge in [0.15, 0.2) is 0 Å². The van der Waals surface area contributed by atoms with E-state index in [9.17, 15) is 0 Å². The number of nitrogens with zero attached hydrogens (tertiary/aromatic N) is 2. The highest BCUT2D eigenvalue weighted by molar-refractivity contribution is 5.17. The standard InChI is InChI=1S/C17H33N3O/c1-7-9-20(11-10-19(5)6)14-16-15(8-12-21-16)13-18-17(2,3)4/h8,12,18H,7,9-11,13-14H2,1-6H3. The Kier molecular flexibility index (Phi) is 7.43. The molecule has 0 bridgehead atoms. The van der Waals surface area contributed by atoms with Crippen molar-refractivity contribution in [3.05, 3.63) is 23.7 Å². The topological polar surface area (TPSA) is 31.6 Å². The highest BCUT2D eigenvalue weighted by Crippen LogP contribution is 2.15. The first-order chi connectivity index (χ1) is 9.81. The molecule has 0 fully saturated rings. The molecule has 0 spiro atoms. The van der Waals surface area contributed by atoms with Crippen LogP contribution in [0.4, 0.5) is 0 Å². The van der Waals surface area contributed by atoms with Crippen molar-refractivity contribution in [2.45, 2.75) is 52.7 Å². The van der Waals surface area contributed by atoms with E-state index in [2.05, 4.69) is 63.0 Å². The van der Waals surface area contributed by atoms with Crippen molar-refractivity contribution in [2.24, 2.45) is 0 Å². The van der Waals surface area contributed by atoms with Crippen molar-refractivity contribution < 1.29 is 4.42 Å². The number of rotatable bonds is 9. The molecule has 0 aliphatic heterocycles. The van der Waals surface area contributed by atoms with Crippen LogP contribution < -0.4 is 5.32 Å². The van der Waals surface area contributed by atoms with Crippen molar-refractivity contribution in [2.75, 3.05) is 33.7 Å². The molecular weight excluding hydrogens is 262 g/mol. The summed E-state index contributed by atoms with van der Waals surface area (Å²) in [6, 6.07) is 2.09. The predicted octanol–water partition coefficient (Wildman–Crippen LogP) is 2.94. The molecule has 0 atom stereocenters. The minimum absolute atomic E-state index is 0.128. The summed E-state index contributed by atoms with van der Waals surface area (Å²) in [5, 5.41) is 3.53. The summed E-state index contributed by atoms with van der Waals surface area (Å²) < 4.78 is 5.72. The third kappa shape index (κ3) is 7.65. The summed E-state index contributed by atoms with van der Waals surface area (Å²) in [5.74, 6) is 1.10. The largest absolute Gasteiger partial charge is 0.468 e. The minimum Gasteiger partial charge on any atom is -0.468 e. The number of furan rings is 1. The predicted molar refractivity (Wildman–Crippen MR) is 89.4 cm³/mol. The summed E-state index contributed by atoms with van der Waals surface area (Å²) in [5.41, 5.74) is 1.40. The van der Waals surface area contributed by atoms with Crippen molar-refractivity contribution in [3.63, 3.8) is 0 Å². The maximum absolute atomic E-state index is 5.72. The molecule has 1 heterocycles. The van der Waals surface area contributed by atoms with Gasteiger partial charge in [-0.05, 0) is 53.9 Å². The molecule has 0 amide bonds. The van der Waals surface area contributed by atoms with Gasteiger partial charge in [-0.25, -0.2) is 0 Å². The van der Waals surface area contributed by atoms with Gasteiger partial charge in [0, 0.05) is 30.7 Å². The Bertz CT molecular complexity index is 393. The molecular formula is C17H33N3O. The fraction of sp³-hybridized carbons (Fsp3) is 0.765. The van der Waals surface area contributed by atoms with Crippen LogP contribution in [0.2, 0.25) is 0 Å². The van der Waals surface area contributed by atoms with Gasteiger partial charge in [0.05, 0.1) is 12.8 Å². The van der Waals surface area contributed by atoms with Gasteiger partial charge in [-0.1, -0.05) is 6.92 Å². The van der Waals surface area contributed by atoms with Crippen molar-refractivity contribution in [1.29, 1.82) is 0 Å². The van der Waals surface area contributed by atoms with Crippen molar-refractivity contribution >= 4 is 0 Å². The molecule has 4 heteroatoms. The average molecular weight is 295 g/mol. The van der Waals surface area contributed by atoms with Gasteiger partial charge in [-0.15, -0.1) is 0 Å². The summed E-state index contributed by atoms with van der Waals surface area (Å²) in [6.07, 6.45) is 2.98. The van der Waals surface area contributed by atoms with Crippen LogP contribution in [0, 0.1) is 0 Å². The van der Waals surface area contributed by atoms with Crippen LogP contribution in [0.25, 0.3) is 0 Å². The van der Waals surface area contributed by atoms with Gasteiger partial charge in [0.1, 0.15) is 5.76 Å². The van der Waals surface area contributed by atoms with Crippen LogP contribution in [-0.2, 0) is 13.1 Å². The molecule has 21 heavy (non-hydrogen) atoms. The van der Waals surface area contributed by atoms with Crippen LogP contribution in [0.1, 0.15) is 45.4 Å². The SMILES string of the molecule is CCCN(CCN(C)C)Cc1occc1CNC(C)(C)C. The minimum atomic E-state index is 0.128. The van der Waals surface area contributed by atoms with Gasteiger partial charge in [0.2, 0.25) is 0 Å². The van der Waals surface area contributed by atoms with E-state index in [1.165, 1.54) is 12.0 Å². The van der Waals surface area contributed by atoms with Crippen molar-refractivity contribution in [1.82, 2.24) is 15.1 Å². The average Bonchev–Trinajstić information content (AvgIpc) is 2.80. The molecule has 0 aliphatic rings. The summed E-state index contributed by atoms with van der Waals surface area (Å²) in [4.78, 5) is 4.70. The molecule has 0 aromatic carbocycles. The van der Waals surface area contributed by atoms with Gasteiger partial charge in [-0.2, -0.15) is 0 Å². The van der Waals surface area contributed by atoms with Gasteiger partial charge in [-0.3, -0.25) is 4.90 Å². The molecule has 0 radical (unpaired) electrons. The highest BCUT2D eigenvalue weighted by atomic mass is 16.3. The third-order valence-corrected chi connectivity index (χ3v) is 3.42. The number of likely N-dealkylation sites (N-methyl/N-ethyl adjacent to an activating group) is 1. The maximum Gasteiger partial charge on any atom is 0.122 e. The number of nitrogens with one attached hydrogen (secondary N) is 1. The van der Waals surface area contributed by atoms with Crippen LogP contribution in [0.15, 0.2) is 16.7 Å². The first kappa shape index (κ1) is 18.2. The van der Waals surface area contributed by atoms with E-state index in [0.29, 0.717) is 0 Å². The zero-order valence-corrected chi connectivity index (χ0v) is 14.7. The Morgan fingerprint density at radius 2 is 1.86 bits per heavy atom. The second-order valence-corrected chi connectivity index (χ2v) is 7.05. The normalized spacial score (nSPS) is 12.6. The van der Waals surface area contributed by atoms with Gasteiger partial charge >= 0.3 is 0 Å². The van der Waals surface area contributed by atoms with E-state index in [4.69, 9.17) is 4.42 Å². The van der Waals surface area contributed by atoms with E-state index in [0.717, 1.165) is 38.5 Å². The smallest absolute Gasteiger partial charge is 0.122 e. The Balaban J connectivity index is 2.60. The van der Waals surface area contributed by atoms with Crippen LogP contribution in [0.5, 0.6) is 0 Å². The second-order valence-electron chi connectivity index (χ2n) is 7.05. The van der Waals surface area contributed by atoms with E-state index in [-0.39, 0.29) is 5.54 Å². The van der Waals surface area contributed by atoms with Crippen LogP contribution >= 0.6 is 0 Å². The fourth-order valence-electron chi connectivity index (χ4n) is 2.15. The lowest BCUT2D eigenvalue weighted by molar-refractivity contribution is 0.217. The molecule has 1 aromatic heterocycles.